The van der Waals surface area contributed by atoms with Crippen LogP contribution in [0.4, 0.5) is 10.1 Å². The van der Waals surface area contributed by atoms with Crippen molar-refractivity contribution in [1.29, 1.82) is 0 Å². The monoisotopic (exact) mass is 327 g/mol. The predicted octanol–water partition coefficient (Wildman–Crippen LogP) is 4.51. The van der Waals surface area contributed by atoms with Crippen LogP contribution in [0.25, 0.3) is 0 Å². The van der Waals surface area contributed by atoms with Gasteiger partial charge in [-0.25, -0.2) is 4.39 Å². The molecule has 2 unspecified atom stereocenters. The SMILES string of the molecule is CN(C)c1ccccc1CC1CCCCC1(O)c1ccc(F)cc1. The molecule has 0 aromatic heterocycles. The highest BCUT2D eigenvalue weighted by Gasteiger charge is 2.40. The van der Waals surface area contributed by atoms with E-state index in [2.05, 4.69) is 23.1 Å². The van der Waals surface area contributed by atoms with Crippen molar-refractivity contribution in [2.45, 2.75) is 37.7 Å². The average Bonchev–Trinajstić information content (AvgIpc) is 2.58. The predicted molar refractivity (Wildman–Crippen MR) is 96.7 cm³/mol. The van der Waals surface area contributed by atoms with Crippen molar-refractivity contribution in [3.05, 3.63) is 65.5 Å². The summed E-state index contributed by atoms with van der Waals surface area (Å²) in [6.45, 7) is 0. The van der Waals surface area contributed by atoms with Gasteiger partial charge in [-0.15, -0.1) is 0 Å². The van der Waals surface area contributed by atoms with E-state index in [9.17, 15) is 9.50 Å². The van der Waals surface area contributed by atoms with Gasteiger partial charge in [0.1, 0.15) is 5.82 Å². The minimum atomic E-state index is -0.870. The summed E-state index contributed by atoms with van der Waals surface area (Å²) in [5.74, 6) is -0.106. The van der Waals surface area contributed by atoms with E-state index in [1.165, 1.54) is 23.4 Å². The summed E-state index contributed by atoms with van der Waals surface area (Å²) in [5.41, 5.74) is 2.43. The number of para-hydroxylation sites is 1. The van der Waals surface area contributed by atoms with Crippen LogP contribution in [0.1, 0.15) is 36.8 Å². The molecule has 0 spiro atoms. The maximum atomic E-state index is 13.3. The summed E-state index contributed by atoms with van der Waals surface area (Å²) in [7, 11) is 4.09. The van der Waals surface area contributed by atoms with Crippen molar-refractivity contribution >= 4 is 5.69 Å². The molecule has 2 nitrogen and oxygen atoms in total. The Morgan fingerprint density at radius 1 is 1.08 bits per heavy atom. The Morgan fingerprint density at radius 2 is 1.79 bits per heavy atom. The van der Waals surface area contributed by atoms with E-state index in [1.807, 2.05) is 20.2 Å². The van der Waals surface area contributed by atoms with Crippen LogP contribution in [0.3, 0.4) is 0 Å². The van der Waals surface area contributed by atoms with Crippen LogP contribution in [0.5, 0.6) is 0 Å². The smallest absolute Gasteiger partial charge is 0.123 e. The summed E-state index contributed by atoms with van der Waals surface area (Å²) >= 11 is 0. The molecular formula is C21H26FNO. The van der Waals surface area contributed by atoms with Crippen molar-refractivity contribution in [2.75, 3.05) is 19.0 Å². The lowest BCUT2D eigenvalue weighted by Crippen LogP contribution is -2.39. The highest BCUT2D eigenvalue weighted by atomic mass is 19.1. The number of rotatable bonds is 4. The van der Waals surface area contributed by atoms with Crippen LogP contribution in [0.2, 0.25) is 0 Å². The molecular weight excluding hydrogens is 301 g/mol. The van der Waals surface area contributed by atoms with E-state index in [0.29, 0.717) is 0 Å². The summed E-state index contributed by atoms with van der Waals surface area (Å²) < 4.78 is 13.3. The van der Waals surface area contributed by atoms with Crippen molar-refractivity contribution in [3.63, 3.8) is 0 Å². The van der Waals surface area contributed by atoms with Crippen LogP contribution < -0.4 is 4.90 Å². The van der Waals surface area contributed by atoms with Gasteiger partial charge in [-0.05, 0) is 54.5 Å². The zero-order valence-electron chi connectivity index (χ0n) is 14.5. The fourth-order valence-corrected chi connectivity index (χ4v) is 4.00. The largest absolute Gasteiger partial charge is 0.385 e. The first kappa shape index (κ1) is 17.0. The summed E-state index contributed by atoms with van der Waals surface area (Å²) in [4.78, 5) is 2.12. The summed E-state index contributed by atoms with van der Waals surface area (Å²) in [6.07, 6.45) is 4.73. The number of aliphatic hydroxyl groups is 1. The standard InChI is InChI=1S/C21H26FNO/c1-23(2)20-9-4-3-7-16(20)15-18-8-5-6-14-21(18,24)17-10-12-19(22)13-11-17/h3-4,7,9-13,18,24H,5-6,8,14-15H2,1-2H3. The molecule has 128 valence electrons. The van der Waals surface area contributed by atoms with E-state index in [4.69, 9.17) is 0 Å². The zero-order chi connectivity index (χ0) is 17.2. The van der Waals surface area contributed by atoms with Crippen LogP contribution in [0, 0.1) is 11.7 Å². The minimum absolute atomic E-state index is 0.151. The molecule has 24 heavy (non-hydrogen) atoms. The number of hydrogen-bond donors (Lipinski definition) is 1. The third-order valence-corrected chi connectivity index (χ3v) is 5.32. The highest BCUT2D eigenvalue weighted by Crippen LogP contribution is 2.44. The van der Waals surface area contributed by atoms with E-state index >= 15 is 0 Å². The van der Waals surface area contributed by atoms with Crippen molar-refractivity contribution in [1.82, 2.24) is 0 Å². The fraction of sp³-hybridized carbons (Fsp3) is 0.429. The Balaban J connectivity index is 1.92. The fourth-order valence-electron chi connectivity index (χ4n) is 4.00. The second kappa shape index (κ2) is 6.94. The lowest BCUT2D eigenvalue weighted by Gasteiger charge is -2.41. The van der Waals surface area contributed by atoms with Crippen LogP contribution in [-0.2, 0) is 12.0 Å². The topological polar surface area (TPSA) is 23.5 Å². The van der Waals surface area contributed by atoms with Crippen LogP contribution >= 0.6 is 0 Å². The van der Waals surface area contributed by atoms with E-state index in [-0.39, 0.29) is 11.7 Å². The zero-order valence-corrected chi connectivity index (χ0v) is 14.5. The minimum Gasteiger partial charge on any atom is -0.385 e. The second-order valence-corrected chi connectivity index (χ2v) is 7.10. The van der Waals surface area contributed by atoms with Gasteiger partial charge in [-0.1, -0.05) is 43.2 Å². The van der Waals surface area contributed by atoms with Crippen molar-refractivity contribution in [3.8, 4) is 0 Å². The van der Waals surface area contributed by atoms with Gasteiger partial charge >= 0.3 is 0 Å². The molecule has 3 rings (SSSR count). The molecule has 0 saturated heterocycles. The van der Waals surface area contributed by atoms with Gasteiger partial charge in [0, 0.05) is 19.8 Å². The molecule has 2 aromatic rings. The first-order valence-corrected chi connectivity index (χ1v) is 8.74. The molecule has 1 aliphatic rings. The maximum absolute atomic E-state index is 13.3. The molecule has 1 saturated carbocycles. The van der Waals surface area contributed by atoms with E-state index in [0.717, 1.165) is 37.7 Å². The van der Waals surface area contributed by atoms with Crippen LogP contribution in [0.15, 0.2) is 48.5 Å². The van der Waals surface area contributed by atoms with Gasteiger partial charge in [0.15, 0.2) is 0 Å². The Hall–Kier alpha value is -1.87. The number of halogens is 1. The third-order valence-electron chi connectivity index (χ3n) is 5.32. The Bertz CT molecular complexity index is 682. The molecule has 2 atom stereocenters. The van der Waals surface area contributed by atoms with Gasteiger partial charge in [0.2, 0.25) is 0 Å². The van der Waals surface area contributed by atoms with Gasteiger partial charge in [0.05, 0.1) is 5.60 Å². The van der Waals surface area contributed by atoms with Gasteiger partial charge in [-0.3, -0.25) is 0 Å². The van der Waals surface area contributed by atoms with Crippen LogP contribution in [-0.4, -0.2) is 19.2 Å². The van der Waals surface area contributed by atoms with E-state index in [1.54, 1.807) is 12.1 Å². The number of benzene rings is 2. The molecule has 2 aromatic carbocycles. The number of hydrogen-bond acceptors (Lipinski definition) is 2. The Kier molecular flexibility index (Phi) is 4.91. The normalized spacial score (nSPS) is 23.9. The molecule has 0 radical (unpaired) electrons. The number of anilines is 1. The summed E-state index contributed by atoms with van der Waals surface area (Å²) in [6, 6.07) is 14.8. The molecule has 0 aliphatic heterocycles. The lowest BCUT2D eigenvalue weighted by molar-refractivity contribution is -0.0542. The summed E-state index contributed by atoms with van der Waals surface area (Å²) in [5, 5.41) is 11.4. The molecule has 1 aliphatic carbocycles. The number of nitrogens with zero attached hydrogens (tertiary/aromatic N) is 1. The second-order valence-electron chi connectivity index (χ2n) is 7.10. The molecule has 1 N–H and O–H groups in total. The first-order valence-electron chi connectivity index (χ1n) is 8.74. The molecule has 1 fully saturated rings. The molecule has 0 heterocycles. The third kappa shape index (κ3) is 3.32. The Labute approximate surface area is 143 Å². The van der Waals surface area contributed by atoms with Gasteiger partial charge in [0.25, 0.3) is 0 Å². The highest BCUT2D eigenvalue weighted by molar-refractivity contribution is 5.52. The molecule has 3 heteroatoms. The molecule has 0 amide bonds. The first-order chi connectivity index (χ1) is 11.5. The Morgan fingerprint density at radius 3 is 2.50 bits per heavy atom. The molecule has 0 bridgehead atoms. The van der Waals surface area contributed by atoms with Gasteiger partial charge in [-0.2, -0.15) is 0 Å². The van der Waals surface area contributed by atoms with Crippen molar-refractivity contribution < 1.29 is 9.50 Å². The maximum Gasteiger partial charge on any atom is 0.123 e. The average molecular weight is 327 g/mol. The van der Waals surface area contributed by atoms with Crippen molar-refractivity contribution in [2.24, 2.45) is 5.92 Å². The lowest BCUT2D eigenvalue weighted by atomic mass is 9.69. The van der Waals surface area contributed by atoms with E-state index < -0.39 is 5.60 Å². The quantitative estimate of drug-likeness (QED) is 0.893. The van der Waals surface area contributed by atoms with Gasteiger partial charge < -0.3 is 10.0 Å².